The first-order valence-corrected chi connectivity index (χ1v) is 8.08. The third-order valence-corrected chi connectivity index (χ3v) is 3.52. The molecular weight excluding hydrogens is 322 g/mol. The fourth-order valence-electron chi connectivity index (χ4n) is 2.01. The second-order valence-electron chi connectivity index (χ2n) is 5.88. The minimum Gasteiger partial charge on any atom is -0.469 e. The molecular formula is C19H21NO5. The second kappa shape index (κ2) is 8.82. The highest BCUT2D eigenvalue weighted by atomic mass is 16.5. The molecule has 0 aliphatic carbocycles. The number of carbonyl (C=O) groups is 3. The van der Waals surface area contributed by atoms with Crippen LogP contribution in [0.25, 0.3) is 0 Å². The molecule has 25 heavy (non-hydrogen) atoms. The number of hydrogen-bond donors (Lipinski definition) is 1. The molecule has 6 heteroatoms. The van der Waals surface area contributed by atoms with Crippen molar-refractivity contribution in [1.29, 1.82) is 0 Å². The van der Waals surface area contributed by atoms with E-state index >= 15 is 0 Å². The molecule has 1 N–H and O–H groups in total. The molecule has 6 nitrogen and oxygen atoms in total. The number of Topliss-reactive ketones (excluding diaryl/α,β-unsaturated/α-hetero) is 1. The van der Waals surface area contributed by atoms with Gasteiger partial charge in [0.1, 0.15) is 5.76 Å². The first kappa shape index (κ1) is 18.4. The first-order chi connectivity index (χ1) is 12.0. The van der Waals surface area contributed by atoms with Gasteiger partial charge in [-0.1, -0.05) is 13.8 Å². The Bertz CT molecular complexity index is 717. The van der Waals surface area contributed by atoms with Crippen molar-refractivity contribution in [1.82, 2.24) is 0 Å². The SMILES string of the molecule is CC(C)C(=O)Nc1ccc(C(=O)COC(=O)CCc2ccco2)cc1. The van der Waals surface area contributed by atoms with Crippen LogP contribution in [0.5, 0.6) is 0 Å². The van der Waals surface area contributed by atoms with E-state index in [1.54, 1.807) is 50.2 Å². The van der Waals surface area contributed by atoms with Crippen molar-refractivity contribution < 1.29 is 23.5 Å². The maximum atomic E-state index is 12.0. The summed E-state index contributed by atoms with van der Waals surface area (Å²) in [5.74, 6) is -0.271. The van der Waals surface area contributed by atoms with Gasteiger partial charge in [-0.05, 0) is 36.4 Å². The van der Waals surface area contributed by atoms with Crippen molar-refractivity contribution in [2.24, 2.45) is 5.92 Å². The van der Waals surface area contributed by atoms with Crippen molar-refractivity contribution in [3.05, 3.63) is 54.0 Å². The molecule has 1 amide bonds. The summed E-state index contributed by atoms with van der Waals surface area (Å²) in [7, 11) is 0. The number of anilines is 1. The Hall–Kier alpha value is -2.89. The van der Waals surface area contributed by atoms with Crippen LogP contribution in [0.15, 0.2) is 47.1 Å². The van der Waals surface area contributed by atoms with Gasteiger partial charge < -0.3 is 14.5 Å². The van der Waals surface area contributed by atoms with Gasteiger partial charge in [0.15, 0.2) is 12.4 Å². The quantitative estimate of drug-likeness (QED) is 0.587. The van der Waals surface area contributed by atoms with E-state index in [1.807, 2.05) is 0 Å². The summed E-state index contributed by atoms with van der Waals surface area (Å²) in [5, 5.41) is 2.74. The van der Waals surface area contributed by atoms with Crippen molar-refractivity contribution in [2.75, 3.05) is 11.9 Å². The molecule has 2 rings (SSSR count). The molecule has 0 aliphatic heterocycles. The predicted molar refractivity (Wildman–Crippen MR) is 92.2 cm³/mol. The third kappa shape index (κ3) is 5.91. The number of amides is 1. The smallest absolute Gasteiger partial charge is 0.306 e. The highest BCUT2D eigenvalue weighted by molar-refractivity contribution is 5.99. The first-order valence-electron chi connectivity index (χ1n) is 8.08. The molecule has 0 saturated heterocycles. The van der Waals surface area contributed by atoms with Gasteiger partial charge in [0.2, 0.25) is 5.91 Å². The lowest BCUT2D eigenvalue weighted by molar-refractivity contribution is -0.142. The van der Waals surface area contributed by atoms with E-state index < -0.39 is 5.97 Å². The van der Waals surface area contributed by atoms with Crippen LogP contribution in [0, 0.1) is 5.92 Å². The number of ether oxygens (including phenoxy) is 1. The molecule has 0 fully saturated rings. The van der Waals surface area contributed by atoms with Crippen LogP contribution in [0.2, 0.25) is 0 Å². The van der Waals surface area contributed by atoms with Crippen LogP contribution in [-0.2, 0) is 20.7 Å². The zero-order valence-electron chi connectivity index (χ0n) is 14.3. The molecule has 1 aromatic carbocycles. The maximum Gasteiger partial charge on any atom is 0.306 e. The van der Waals surface area contributed by atoms with E-state index in [2.05, 4.69) is 5.32 Å². The lowest BCUT2D eigenvalue weighted by Gasteiger charge is -2.08. The third-order valence-electron chi connectivity index (χ3n) is 3.52. The Morgan fingerprint density at radius 1 is 1.12 bits per heavy atom. The number of aryl methyl sites for hydroxylation is 1. The van der Waals surface area contributed by atoms with Crippen LogP contribution >= 0.6 is 0 Å². The fourth-order valence-corrected chi connectivity index (χ4v) is 2.01. The normalized spacial score (nSPS) is 10.5. The molecule has 132 valence electrons. The number of nitrogens with one attached hydrogen (secondary N) is 1. The molecule has 0 bridgehead atoms. The average molecular weight is 343 g/mol. The molecule has 0 atom stereocenters. The Balaban J connectivity index is 1.78. The minimum absolute atomic E-state index is 0.0930. The summed E-state index contributed by atoms with van der Waals surface area (Å²) < 4.78 is 10.1. The molecule has 0 aliphatic rings. The van der Waals surface area contributed by atoms with Gasteiger partial charge in [0.05, 0.1) is 12.7 Å². The number of carbonyl (C=O) groups excluding carboxylic acids is 3. The largest absolute Gasteiger partial charge is 0.469 e. The van der Waals surface area contributed by atoms with E-state index in [-0.39, 0.29) is 30.6 Å². The van der Waals surface area contributed by atoms with Gasteiger partial charge in [0, 0.05) is 23.6 Å². The van der Waals surface area contributed by atoms with E-state index in [0.29, 0.717) is 23.4 Å². The highest BCUT2D eigenvalue weighted by Crippen LogP contribution is 2.12. The number of hydrogen-bond acceptors (Lipinski definition) is 5. The standard InChI is InChI=1S/C19H21NO5/c1-13(2)19(23)20-15-7-5-14(6-8-15)17(21)12-25-18(22)10-9-16-4-3-11-24-16/h3-8,11,13H,9-10,12H2,1-2H3,(H,20,23). The molecule has 0 saturated carbocycles. The topological polar surface area (TPSA) is 85.6 Å². The monoisotopic (exact) mass is 343 g/mol. The van der Waals surface area contributed by atoms with Gasteiger partial charge in [-0.25, -0.2) is 0 Å². The van der Waals surface area contributed by atoms with Gasteiger partial charge >= 0.3 is 5.97 Å². The minimum atomic E-state index is -0.453. The van der Waals surface area contributed by atoms with E-state index in [0.717, 1.165) is 0 Å². The highest BCUT2D eigenvalue weighted by Gasteiger charge is 2.12. The number of benzene rings is 1. The summed E-state index contributed by atoms with van der Waals surface area (Å²) in [4.78, 5) is 35.3. The van der Waals surface area contributed by atoms with Gasteiger partial charge in [-0.2, -0.15) is 0 Å². The zero-order chi connectivity index (χ0) is 18.2. The van der Waals surface area contributed by atoms with Crippen molar-refractivity contribution >= 4 is 23.3 Å². The van der Waals surface area contributed by atoms with Crippen LogP contribution < -0.4 is 5.32 Å². The summed E-state index contributed by atoms with van der Waals surface area (Å²) in [6.07, 6.45) is 2.13. The van der Waals surface area contributed by atoms with E-state index in [9.17, 15) is 14.4 Å². The lowest BCUT2D eigenvalue weighted by atomic mass is 10.1. The molecule has 0 radical (unpaired) electrons. The Morgan fingerprint density at radius 2 is 1.84 bits per heavy atom. The lowest BCUT2D eigenvalue weighted by Crippen LogP contribution is -2.18. The number of furan rings is 1. The number of rotatable bonds is 8. The van der Waals surface area contributed by atoms with Gasteiger partial charge in [-0.3, -0.25) is 14.4 Å². The molecule has 0 unspecified atom stereocenters. The Labute approximate surface area is 146 Å². The van der Waals surface area contributed by atoms with E-state index in [4.69, 9.17) is 9.15 Å². The van der Waals surface area contributed by atoms with Crippen molar-refractivity contribution in [2.45, 2.75) is 26.7 Å². The number of ketones is 1. The van der Waals surface area contributed by atoms with Crippen LogP contribution in [0.3, 0.4) is 0 Å². The molecule has 1 aromatic heterocycles. The van der Waals surface area contributed by atoms with Gasteiger partial charge in [-0.15, -0.1) is 0 Å². The average Bonchev–Trinajstić information content (AvgIpc) is 3.12. The zero-order valence-corrected chi connectivity index (χ0v) is 14.3. The second-order valence-corrected chi connectivity index (χ2v) is 5.88. The summed E-state index contributed by atoms with van der Waals surface area (Å²) in [5.41, 5.74) is 1.03. The molecule has 0 spiro atoms. The Kier molecular flexibility index (Phi) is 6.51. The number of esters is 1. The molecule has 1 heterocycles. The van der Waals surface area contributed by atoms with Crippen molar-refractivity contribution in [3.8, 4) is 0 Å². The summed E-state index contributed by atoms with van der Waals surface area (Å²) >= 11 is 0. The fraction of sp³-hybridized carbons (Fsp3) is 0.316. The summed E-state index contributed by atoms with van der Waals surface area (Å²) in [6.45, 7) is 3.29. The predicted octanol–water partition coefficient (Wildman–Crippen LogP) is 3.23. The molecule has 2 aromatic rings. The Morgan fingerprint density at radius 3 is 2.44 bits per heavy atom. The van der Waals surface area contributed by atoms with Crippen LogP contribution in [-0.4, -0.2) is 24.3 Å². The maximum absolute atomic E-state index is 12.0. The van der Waals surface area contributed by atoms with Crippen LogP contribution in [0.1, 0.15) is 36.4 Å². The van der Waals surface area contributed by atoms with Gasteiger partial charge in [0.25, 0.3) is 0 Å². The van der Waals surface area contributed by atoms with Crippen molar-refractivity contribution in [3.63, 3.8) is 0 Å². The summed E-state index contributed by atoms with van der Waals surface area (Å²) in [6, 6.07) is 10.00. The van der Waals surface area contributed by atoms with Crippen LogP contribution in [0.4, 0.5) is 5.69 Å². The van der Waals surface area contributed by atoms with E-state index in [1.165, 1.54) is 6.26 Å².